The lowest BCUT2D eigenvalue weighted by Crippen LogP contribution is -2.09. The van der Waals surface area contributed by atoms with Gasteiger partial charge in [0.05, 0.1) is 11.1 Å². The van der Waals surface area contributed by atoms with Gasteiger partial charge in [0.1, 0.15) is 5.69 Å². The standard InChI is InChI=1S/C10H7NO2.C7H5NO4/c12-10(13)9-6-5-7-3-1-2-4-8(7)11-9;9-6(10)4-2-1-3-8-5(4)7(11)12/h1-6H,(H,12,13);1-3H,(H,9,10)(H,11,12). The maximum Gasteiger partial charge on any atom is 0.355 e. The lowest BCUT2D eigenvalue weighted by molar-refractivity contribution is 0.0646. The van der Waals surface area contributed by atoms with Crippen molar-refractivity contribution < 1.29 is 29.7 Å². The second kappa shape index (κ2) is 7.64. The van der Waals surface area contributed by atoms with Gasteiger partial charge in [0, 0.05) is 11.6 Å². The average Bonchev–Trinajstić information content (AvgIpc) is 2.61. The van der Waals surface area contributed by atoms with Crippen molar-refractivity contribution in [3.63, 3.8) is 0 Å². The normalized spacial score (nSPS) is 9.76. The van der Waals surface area contributed by atoms with Crippen LogP contribution < -0.4 is 0 Å². The summed E-state index contributed by atoms with van der Waals surface area (Å²) in [6.45, 7) is 0. The van der Waals surface area contributed by atoms with Gasteiger partial charge in [-0.2, -0.15) is 0 Å². The molecule has 2 aromatic heterocycles. The van der Waals surface area contributed by atoms with Gasteiger partial charge in [0.15, 0.2) is 5.69 Å². The van der Waals surface area contributed by atoms with Crippen LogP contribution in [-0.2, 0) is 0 Å². The Morgan fingerprint density at radius 3 is 2.08 bits per heavy atom. The summed E-state index contributed by atoms with van der Waals surface area (Å²) in [5.74, 6) is -3.63. The van der Waals surface area contributed by atoms with Crippen LogP contribution in [0.4, 0.5) is 0 Å². The lowest BCUT2D eigenvalue weighted by atomic mass is 10.2. The van der Waals surface area contributed by atoms with Crippen molar-refractivity contribution in [2.24, 2.45) is 0 Å². The van der Waals surface area contributed by atoms with Crippen LogP contribution in [0.25, 0.3) is 10.9 Å². The van der Waals surface area contributed by atoms with Crippen molar-refractivity contribution in [3.05, 3.63) is 71.7 Å². The van der Waals surface area contributed by atoms with Crippen LogP contribution in [0.2, 0.25) is 0 Å². The molecule has 8 nitrogen and oxygen atoms in total. The SMILES string of the molecule is O=C(O)c1ccc2ccccc2n1.O=C(O)c1cccnc1C(=O)O. The molecule has 0 amide bonds. The molecule has 0 atom stereocenters. The summed E-state index contributed by atoms with van der Waals surface area (Å²) in [7, 11) is 0. The summed E-state index contributed by atoms with van der Waals surface area (Å²) in [4.78, 5) is 38.8. The third kappa shape index (κ3) is 4.35. The lowest BCUT2D eigenvalue weighted by Gasteiger charge is -1.97. The van der Waals surface area contributed by atoms with E-state index in [9.17, 15) is 14.4 Å². The predicted octanol–water partition coefficient (Wildman–Crippen LogP) is 2.41. The van der Waals surface area contributed by atoms with E-state index in [1.165, 1.54) is 24.4 Å². The van der Waals surface area contributed by atoms with Crippen LogP contribution in [0.3, 0.4) is 0 Å². The fourth-order valence-electron chi connectivity index (χ4n) is 1.93. The molecule has 0 fully saturated rings. The van der Waals surface area contributed by atoms with Gasteiger partial charge >= 0.3 is 17.9 Å². The van der Waals surface area contributed by atoms with E-state index in [0.717, 1.165) is 5.39 Å². The molecule has 8 heteroatoms. The van der Waals surface area contributed by atoms with Gasteiger partial charge in [-0.15, -0.1) is 0 Å². The highest BCUT2D eigenvalue weighted by Crippen LogP contribution is 2.11. The number of benzene rings is 1. The summed E-state index contributed by atoms with van der Waals surface area (Å²) in [5.41, 5.74) is 0.0519. The maximum atomic E-state index is 10.6. The Hall–Kier alpha value is -3.81. The van der Waals surface area contributed by atoms with Gasteiger partial charge in [-0.1, -0.05) is 24.3 Å². The molecule has 1 aromatic carbocycles. The molecule has 0 unspecified atom stereocenters. The number of hydrogen-bond donors (Lipinski definition) is 3. The van der Waals surface area contributed by atoms with Crippen LogP contribution in [0, 0.1) is 0 Å². The summed E-state index contributed by atoms with van der Waals surface area (Å²) >= 11 is 0. The topological polar surface area (TPSA) is 138 Å². The van der Waals surface area contributed by atoms with Crippen molar-refractivity contribution in [1.82, 2.24) is 9.97 Å². The van der Waals surface area contributed by atoms with E-state index in [4.69, 9.17) is 15.3 Å². The molecule has 0 aliphatic heterocycles. The summed E-state index contributed by atoms with van der Waals surface area (Å²) in [6, 6.07) is 13.2. The molecule has 126 valence electrons. The number of aromatic nitrogens is 2. The van der Waals surface area contributed by atoms with Gasteiger partial charge in [-0.3, -0.25) is 0 Å². The zero-order chi connectivity index (χ0) is 18.4. The van der Waals surface area contributed by atoms with Crippen LogP contribution in [0.5, 0.6) is 0 Å². The third-order valence-corrected chi connectivity index (χ3v) is 3.06. The van der Waals surface area contributed by atoms with E-state index >= 15 is 0 Å². The first-order valence-corrected chi connectivity index (χ1v) is 6.91. The molecule has 0 aliphatic rings. The molecule has 0 bridgehead atoms. The van der Waals surface area contributed by atoms with Crippen molar-refractivity contribution in [2.45, 2.75) is 0 Å². The molecule has 3 N–H and O–H groups in total. The van der Waals surface area contributed by atoms with Gasteiger partial charge < -0.3 is 15.3 Å². The minimum absolute atomic E-state index is 0.0821. The van der Waals surface area contributed by atoms with E-state index in [-0.39, 0.29) is 11.3 Å². The fourth-order valence-corrected chi connectivity index (χ4v) is 1.93. The minimum Gasteiger partial charge on any atom is -0.478 e. The number of aromatic carboxylic acids is 3. The Morgan fingerprint density at radius 1 is 0.760 bits per heavy atom. The number of rotatable bonds is 3. The van der Waals surface area contributed by atoms with Crippen molar-refractivity contribution in [2.75, 3.05) is 0 Å². The molecule has 0 aliphatic carbocycles. The second-order valence-electron chi connectivity index (χ2n) is 4.70. The molecule has 3 aromatic rings. The maximum absolute atomic E-state index is 10.6. The minimum atomic E-state index is -1.34. The van der Waals surface area contributed by atoms with Gasteiger partial charge in [0.25, 0.3) is 0 Å². The molecular weight excluding hydrogens is 328 g/mol. The predicted molar refractivity (Wildman–Crippen MR) is 86.9 cm³/mol. The second-order valence-corrected chi connectivity index (χ2v) is 4.70. The number of nitrogens with zero attached hydrogens (tertiary/aromatic N) is 2. The Bertz CT molecular complexity index is 922. The smallest absolute Gasteiger partial charge is 0.355 e. The molecule has 0 radical (unpaired) electrons. The summed E-state index contributed by atoms with van der Waals surface area (Å²) in [5, 5.41) is 26.6. The number of fused-ring (bicyclic) bond motifs is 1. The number of pyridine rings is 2. The van der Waals surface area contributed by atoms with E-state index < -0.39 is 23.6 Å². The quantitative estimate of drug-likeness (QED) is 0.661. The van der Waals surface area contributed by atoms with E-state index in [1.807, 2.05) is 18.2 Å². The first kappa shape index (κ1) is 17.5. The Balaban J connectivity index is 0.000000181. The molecule has 25 heavy (non-hydrogen) atoms. The fraction of sp³-hybridized carbons (Fsp3) is 0. The first-order valence-electron chi connectivity index (χ1n) is 6.91. The molecule has 0 saturated carbocycles. The van der Waals surface area contributed by atoms with Crippen molar-refractivity contribution >= 4 is 28.8 Å². The van der Waals surface area contributed by atoms with E-state index in [0.29, 0.717) is 5.52 Å². The van der Waals surface area contributed by atoms with Gasteiger partial charge in [0.2, 0.25) is 0 Å². The number of hydrogen-bond acceptors (Lipinski definition) is 5. The highest BCUT2D eigenvalue weighted by Gasteiger charge is 2.15. The third-order valence-electron chi connectivity index (χ3n) is 3.06. The molecule has 2 heterocycles. The number of carboxylic acid groups (broad SMARTS) is 3. The van der Waals surface area contributed by atoms with Crippen LogP contribution in [-0.4, -0.2) is 43.2 Å². The largest absolute Gasteiger partial charge is 0.478 e. The highest BCUT2D eigenvalue weighted by atomic mass is 16.4. The summed E-state index contributed by atoms with van der Waals surface area (Å²) in [6.07, 6.45) is 1.23. The monoisotopic (exact) mass is 340 g/mol. The Labute approximate surface area is 141 Å². The van der Waals surface area contributed by atoms with Crippen LogP contribution in [0.15, 0.2) is 54.7 Å². The average molecular weight is 340 g/mol. The van der Waals surface area contributed by atoms with Crippen LogP contribution in [0.1, 0.15) is 31.3 Å². The number of carboxylic acids is 3. The van der Waals surface area contributed by atoms with Gasteiger partial charge in [-0.25, -0.2) is 24.4 Å². The zero-order valence-corrected chi connectivity index (χ0v) is 12.7. The summed E-state index contributed by atoms with van der Waals surface area (Å²) < 4.78 is 0. The molecular formula is C17H12N2O6. The van der Waals surface area contributed by atoms with E-state index in [1.54, 1.807) is 12.1 Å². The number of carbonyl (C=O) groups is 3. The molecule has 0 saturated heterocycles. The highest BCUT2D eigenvalue weighted by molar-refractivity contribution is 6.00. The first-order chi connectivity index (χ1) is 11.9. The number of para-hydroxylation sites is 1. The van der Waals surface area contributed by atoms with Crippen molar-refractivity contribution in [3.8, 4) is 0 Å². The van der Waals surface area contributed by atoms with Gasteiger partial charge in [-0.05, 0) is 24.3 Å². The Kier molecular flexibility index (Phi) is 5.36. The van der Waals surface area contributed by atoms with Crippen LogP contribution >= 0.6 is 0 Å². The molecule has 0 spiro atoms. The van der Waals surface area contributed by atoms with Crippen molar-refractivity contribution in [1.29, 1.82) is 0 Å². The van der Waals surface area contributed by atoms with E-state index in [2.05, 4.69) is 9.97 Å². The Morgan fingerprint density at radius 2 is 1.48 bits per heavy atom. The zero-order valence-electron chi connectivity index (χ0n) is 12.7. The molecule has 3 rings (SSSR count).